The lowest BCUT2D eigenvalue weighted by molar-refractivity contribution is 0.0787. The van der Waals surface area contributed by atoms with E-state index in [4.69, 9.17) is 11.6 Å². The summed E-state index contributed by atoms with van der Waals surface area (Å²) in [5.74, 6) is 0.395. The largest absolute Gasteiger partial charge is 0.337 e. The molecule has 1 aliphatic heterocycles. The van der Waals surface area contributed by atoms with E-state index in [-0.39, 0.29) is 5.91 Å². The van der Waals surface area contributed by atoms with Gasteiger partial charge >= 0.3 is 0 Å². The average Bonchev–Trinajstić information content (AvgIpc) is 3.02. The minimum Gasteiger partial charge on any atom is -0.337 e. The lowest BCUT2D eigenvalue weighted by Crippen LogP contribution is -2.28. The Bertz CT molecular complexity index is 681. The number of likely N-dealkylation sites (tertiary alicyclic amines) is 1. The van der Waals surface area contributed by atoms with E-state index in [0.717, 1.165) is 37.3 Å². The molecule has 5 nitrogen and oxygen atoms in total. The summed E-state index contributed by atoms with van der Waals surface area (Å²) in [4.78, 5) is 23.0. The van der Waals surface area contributed by atoms with Gasteiger partial charge in [0.2, 0.25) is 5.95 Å². The van der Waals surface area contributed by atoms with Crippen molar-refractivity contribution in [1.82, 2.24) is 14.9 Å². The molecule has 1 amide bonds. The van der Waals surface area contributed by atoms with Crippen LogP contribution in [0.1, 0.15) is 29.0 Å². The van der Waals surface area contributed by atoms with Crippen molar-refractivity contribution in [3.63, 3.8) is 0 Å². The summed E-state index contributed by atoms with van der Waals surface area (Å²) < 4.78 is 0. The zero-order valence-corrected chi connectivity index (χ0v) is 13.1. The Morgan fingerprint density at radius 3 is 2.55 bits per heavy atom. The third-order valence-corrected chi connectivity index (χ3v) is 3.82. The first-order chi connectivity index (χ1) is 10.6. The summed E-state index contributed by atoms with van der Waals surface area (Å²) in [7, 11) is 0. The van der Waals surface area contributed by atoms with Gasteiger partial charge in [-0.2, -0.15) is 0 Å². The van der Waals surface area contributed by atoms with Crippen molar-refractivity contribution in [2.45, 2.75) is 19.8 Å². The highest BCUT2D eigenvalue weighted by atomic mass is 35.5. The Balaban J connectivity index is 1.82. The quantitative estimate of drug-likeness (QED) is 0.942. The summed E-state index contributed by atoms with van der Waals surface area (Å²) in [6, 6.07) is 8.99. The van der Waals surface area contributed by atoms with Gasteiger partial charge in [0.05, 0.1) is 0 Å². The number of aryl methyl sites for hydroxylation is 1. The molecule has 0 radical (unpaired) electrons. The average molecular weight is 317 g/mol. The van der Waals surface area contributed by atoms with Gasteiger partial charge in [-0.3, -0.25) is 4.79 Å². The highest BCUT2D eigenvalue weighted by Gasteiger charge is 2.21. The number of benzene rings is 1. The molecule has 1 N–H and O–H groups in total. The number of hydrogen-bond acceptors (Lipinski definition) is 4. The zero-order valence-electron chi connectivity index (χ0n) is 12.3. The van der Waals surface area contributed by atoms with Crippen LogP contribution in [0.5, 0.6) is 0 Å². The highest BCUT2D eigenvalue weighted by molar-refractivity contribution is 6.30. The second kappa shape index (κ2) is 6.32. The minimum atomic E-state index is -0.0258. The fraction of sp³-hybridized carbons (Fsp3) is 0.312. The standard InChI is InChI=1S/C16H17ClN4O/c1-11-10-14(15(22)21-8-2-3-9-21)20-16(18-11)19-13-6-4-12(17)5-7-13/h4-7,10H,2-3,8-9H2,1H3,(H,18,19,20). The van der Waals surface area contributed by atoms with Crippen LogP contribution >= 0.6 is 11.6 Å². The van der Waals surface area contributed by atoms with Crippen LogP contribution in [0.25, 0.3) is 0 Å². The molecule has 0 bridgehead atoms. The molecule has 0 spiro atoms. The molecule has 1 aliphatic rings. The number of aromatic nitrogens is 2. The van der Waals surface area contributed by atoms with Crippen LogP contribution in [0, 0.1) is 6.92 Å². The predicted octanol–water partition coefficient (Wildman–Crippen LogP) is 3.42. The Kier molecular flexibility index (Phi) is 4.24. The number of halogens is 1. The summed E-state index contributed by atoms with van der Waals surface area (Å²) in [5, 5.41) is 3.77. The van der Waals surface area contributed by atoms with Crippen molar-refractivity contribution in [2.75, 3.05) is 18.4 Å². The first-order valence-electron chi connectivity index (χ1n) is 7.29. The second-order valence-electron chi connectivity index (χ2n) is 5.35. The Labute approximate surface area is 134 Å². The van der Waals surface area contributed by atoms with Gasteiger partial charge in [-0.1, -0.05) is 11.6 Å². The molecule has 0 saturated carbocycles. The third kappa shape index (κ3) is 3.36. The first kappa shape index (κ1) is 14.8. The number of nitrogens with one attached hydrogen (secondary N) is 1. The third-order valence-electron chi connectivity index (χ3n) is 3.57. The van der Waals surface area contributed by atoms with Crippen LogP contribution in [0.4, 0.5) is 11.6 Å². The summed E-state index contributed by atoms with van der Waals surface area (Å²) >= 11 is 5.87. The van der Waals surface area contributed by atoms with E-state index in [0.29, 0.717) is 16.7 Å². The van der Waals surface area contributed by atoms with Gasteiger partial charge in [0, 0.05) is 29.5 Å². The zero-order chi connectivity index (χ0) is 15.5. The molecule has 22 heavy (non-hydrogen) atoms. The smallest absolute Gasteiger partial charge is 0.272 e. The Morgan fingerprint density at radius 2 is 1.86 bits per heavy atom. The number of nitrogens with zero attached hydrogens (tertiary/aromatic N) is 3. The number of carbonyl (C=O) groups is 1. The van der Waals surface area contributed by atoms with E-state index < -0.39 is 0 Å². The van der Waals surface area contributed by atoms with E-state index in [9.17, 15) is 4.79 Å². The molecule has 6 heteroatoms. The van der Waals surface area contributed by atoms with Crippen molar-refractivity contribution in [3.8, 4) is 0 Å². The van der Waals surface area contributed by atoms with Crippen molar-refractivity contribution < 1.29 is 4.79 Å². The topological polar surface area (TPSA) is 58.1 Å². The van der Waals surface area contributed by atoms with Crippen LogP contribution in [-0.4, -0.2) is 33.9 Å². The molecule has 1 saturated heterocycles. The molecule has 1 aromatic heterocycles. The maximum atomic E-state index is 12.4. The molecular formula is C16H17ClN4O. The predicted molar refractivity (Wildman–Crippen MR) is 86.6 cm³/mol. The molecule has 0 atom stereocenters. The molecule has 2 aromatic rings. The monoisotopic (exact) mass is 316 g/mol. The van der Waals surface area contributed by atoms with E-state index in [1.54, 1.807) is 18.2 Å². The number of rotatable bonds is 3. The number of anilines is 2. The van der Waals surface area contributed by atoms with Crippen LogP contribution in [0.15, 0.2) is 30.3 Å². The molecule has 1 fully saturated rings. The van der Waals surface area contributed by atoms with Crippen LogP contribution in [-0.2, 0) is 0 Å². The summed E-state index contributed by atoms with van der Waals surface area (Å²) in [5.41, 5.74) is 2.02. The SMILES string of the molecule is Cc1cc(C(=O)N2CCCC2)nc(Nc2ccc(Cl)cc2)n1. The highest BCUT2D eigenvalue weighted by Crippen LogP contribution is 2.18. The molecule has 0 aliphatic carbocycles. The van der Waals surface area contributed by atoms with Gasteiger partial charge in [-0.25, -0.2) is 9.97 Å². The van der Waals surface area contributed by atoms with Gasteiger partial charge in [0.1, 0.15) is 5.69 Å². The molecule has 3 rings (SSSR count). The maximum absolute atomic E-state index is 12.4. The van der Waals surface area contributed by atoms with Crippen LogP contribution in [0.3, 0.4) is 0 Å². The molecule has 2 heterocycles. The summed E-state index contributed by atoms with van der Waals surface area (Å²) in [6.07, 6.45) is 2.12. The van der Waals surface area contributed by atoms with E-state index in [1.807, 2.05) is 24.0 Å². The summed E-state index contributed by atoms with van der Waals surface area (Å²) in [6.45, 7) is 3.47. The molecule has 0 unspecified atom stereocenters. The van der Waals surface area contributed by atoms with Crippen molar-refractivity contribution >= 4 is 29.1 Å². The van der Waals surface area contributed by atoms with Gasteiger partial charge in [0.15, 0.2) is 0 Å². The van der Waals surface area contributed by atoms with Gasteiger partial charge in [-0.15, -0.1) is 0 Å². The number of hydrogen-bond donors (Lipinski definition) is 1. The maximum Gasteiger partial charge on any atom is 0.272 e. The lowest BCUT2D eigenvalue weighted by Gasteiger charge is -2.15. The fourth-order valence-corrected chi connectivity index (χ4v) is 2.60. The molecule has 114 valence electrons. The van der Waals surface area contributed by atoms with Crippen molar-refractivity contribution in [2.24, 2.45) is 0 Å². The second-order valence-corrected chi connectivity index (χ2v) is 5.79. The van der Waals surface area contributed by atoms with E-state index in [2.05, 4.69) is 15.3 Å². The Hall–Kier alpha value is -2.14. The van der Waals surface area contributed by atoms with Crippen LogP contribution in [0.2, 0.25) is 5.02 Å². The molecular weight excluding hydrogens is 300 g/mol. The minimum absolute atomic E-state index is 0.0258. The van der Waals surface area contributed by atoms with E-state index in [1.165, 1.54) is 0 Å². The normalized spacial score (nSPS) is 14.2. The number of amides is 1. The van der Waals surface area contributed by atoms with Gasteiger partial charge < -0.3 is 10.2 Å². The van der Waals surface area contributed by atoms with Crippen molar-refractivity contribution in [1.29, 1.82) is 0 Å². The first-order valence-corrected chi connectivity index (χ1v) is 7.67. The fourth-order valence-electron chi connectivity index (χ4n) is 2.48. The Morgan fingerprint density at radius 1 is 1.18 bits per heavy atom. The number of carbonyl (C=O) groups excluding carboxylic acids is 1. The molecule has 1 aromatic carbocycles. The van der Waals surface area contributed by atoms with Crippen LogP contribution < -0.4 is 5.32 Å². The van der Waals surface area contributed by atoms with Gasteiger partial charge in [0.25, 0.3) is 5.91 Å². The van der Waals surface area contributed by atoms with Crippen molar-refractivity contribution in [3.05, 3.63) is 46.7 Å². The van der Waals surface area contributed by atoms with Gasteiger partial charge in [-0.05, 0) is 50.1 Å². The van der Waals surface area contributed by atoms with E-state index >= 15 is 0 Å². The lowest BCUT2D eigenvalue weighted by atomic mass is 10.3.